The Kier molecular flexibility index (Phi) is 7.75. The third-order valence-electron chi connectivity index (χ3n) is 5.09. The molecule has 1 aliphatic heterocycles. The number of methoxy groups -OCH3 is 1. The van der Waals surface area contributed by atoms with Crippen molar-refractivity contribution in [2.24, 2.45) is 5.73 Å². The zero-order valence-corrected chi connectivity index (χ0v) is 16.5. The molecule has 0 radical (unpaired) electrons. The van der Waals surface area contributed by atoms with Crippen LogP contribution in [-0.4, -0.2) is 73.4 Å². The van der Waals surface area contributed by atoms with Gasteiger partial charge in [-0.15, -0.1) is 0 Å². The van der Waals surface area contributed by atoms with Crippen molar-refractivity contribution in [1.82, 2.24) is 9.80 Å². The first-order chi connectivity index (χ1) is 12.0. The van der Waals surface area contributed by atoms with Crippen LogP contribution in [0.3, 0.4) is 0 Å². The second-order valence-corrected chi connectivity index (χ2v) is 7.24. The molecular weight excluding hydrogens is 334 g/mol. The Morgan fingerprint density at radius 2 is 2.16 bits per heavy atom. The van der Waals surface area contributed by atoms with E-state index in [1.54, 1.807) is 7.11 Å². The van der Waals surface area contributed by atoms with Gasteiger partial charge in [-0.05, 0) is 37.5 Å². The first kappa shape index (κ1) is 20.2. The van der Waals surface area contributed by atoms with Crippen LogP contribution in [-0.2, 0) is 4.74 Å². The van der Waals surface area contributed by atoms with E-state index in [-0.39, 0.29) is 18.0 Å². The van der Waals surface area contributed by atoms with Crippen LogP contribution in [0, 0.1) is 13.8 Å². The number of hydrogen-bond donors (Lipinski definition) is 2. The second-order valence-electron chi connectivity index (χ2n) is 6.87. The molecule has 0 unspecified atom stereocenters. The molecule has 2 rings (SSSR count). The van der Waals surface area contributed by atoms with E-state index in [2.05, 4.69) is 17.5 Å². The predicted octanol–water partition coefficient (Wildman–Crippen LogP) is 1.72. The Hall–Kier alpha value is -1.08. The van der Waals surface area contributed by atoms with Gasteiger partial charge in [0.25, 0.3) is 5.91 Å². The maximum Gasteiger partial charge on any atom is 0.254 e. The zero-order chi connectivity index (χ0) is 18.4. The van der Waals surface area contributed by atoms with Gasteiger partial charge in [0.05, 0.1) is 0 Å². The summed E-state index contributed by atoms with van der Waals surface area (Å²) < 4.78 is 5.26. The molecule has 1 heterocycles. The van der Waals surface area contributed by atoms with Crippen LogP contribution in [0.25, 0.3) is 0 Å². The van der Waals surface area contributed by atoms with Gasteiger partial charge in [0.15, 0.2) is 0 Å². The zero-order valence-electron chi connectivity index (χ0n) is 15.6. The van der Waals surface area contributed by atoms with Gasteiger partial charge in [-0.1, -0.05) is 12.1 Å². The van der Waals surface area contributed by atoms with Crippen molar-refractivity contribution in [1.29, 1.82) is 0 Å². The fraction of sp³-hybridized carbons (Fsp3) is 0.632. The molecule has 2 N–H and O–H groups in total. The number of rotatable bonds is 7. The number of benzene rings is 1. The topological polar surface area (TPSA) is 58.8 Å². The minimum atomic E-state index is 0.0506. The average molecular weight is 366 g/mol. The highest BCUT2D eigenvalue weighted by Gasteiger charge is 2.30. The van der Waals surface area contributed by atoms with Gasteiger partial charge < -0.3 is 15.4 Å². The van der Waals surface area contributed by atoms with Crippen LogP contribution in [0.4, 0.5) is 0 Å². The number of carbonyl (C=O) groups is 1. The number of thiol groups is 1. The number of aryl methyl sites for hydroxylation is 1. The quantitative estimate of drug-likeness (QED) is 0.723. The van der Waals surface area contributed by atoms with Gasteiger partial charge in [0.2, 0.25) is 0 Å². The summed E-state index contributed by atoms with van der Waals surface area (Å²) in [6.07, 6.45) is 0.895. The van der Waals surface area contributed by atoms with E-state index in [0.717, 1.165) is 49.3 Å². The summed E-state index contributed by atoms with van der Waals surface area (Å²) in [7, 11) is 1.71. The third kappa shape index (κ3) is 5.20. The first-order valence-corrected chi connectivity index (χ1v) is 9.56. The van der Waals surface area contributed by atoms with Crippen LogP contribution in [0.5, 0.6) is 0 Å². The lowest BCUT2D eigenvalue weighted by Gasteiger charge is -2.42. The highest BCUT2D eigenvalue weighted by molar-refractivity contribution is 7.80. The van der Waals surface area contributed by atoms with Gasteiger partial charge in [-0.3, -0.25) is 9.69 Å². The van der Waals surface area contributed by atoms with E-state index in [0.29, 0.717) is 12.4 Å². The molecule has 140 valence electrons. The summed E-state index contributed by atoms with van der Waals surface area (Å²) in [5.41, 5.74) is 9.12. The molecule has 1 saturated heterocycles. The number of carbonyl (C=O) groups excluding carboxylic acids is 1. The molecule has 0 aliphatic carbocycles. The SMILES string of the molecule is COCC[C@H]1CN(C(=O)c2cccc(C)c2C)CCN1C[C@@H](N)CS. The molecule has 0 spiro atoms. The van der Waals surface area contributed by atoms with Crippen LogP contribution in [0.2, 0.25) is 0 Å². The summed E-state index contributed by atoms with van der Waals surface area (Å²) in [6, 6.07) is 6.26. The summed E-state index contributed by atoms with van der Waals surface area (Å²) in [5.74, 6) is 0.792. The van der Waals surface area contributed by atoms with Crippen molar-refractivity contribution in [3.63, 3.8) is 0 Å². The molecule has 0 saturated carbocycles. The predicted molar refractivity (Wildman–Crippen MR) is 106 cm³/mol. The molecule has 25 heavy (non-hydrogen) atoms. The molecule has 6 heteroatoms. The summed E-state index contributed by atoms with van der Waals surface area (Å²) in [6.45, 7) is 7.85. The smallest absolute Gasteiger partial charge is 0.254 e. The molecule has 1 aromatic carbocycles. The highest BCUT2D eigenvalue weighted by atomic mass is 32.1. The van der Waals surface area contributed by atoms with Gasteiger partial charge in [-0.2, -0.15) is 12.6 Å². The summed E-state index contributed by atoms with van der Waals surface area (Å²) >= 11 is 4.29. The Balaban J connectivity index is 2.10. The van der Waals surface area contributed by atoms with Crippen molar-refractivity contribution >= 4 is 18.5 Å². The Morgan fingerprint density at radius 3 is 2.84 bits per heavy atom. The molecule has 1 aliphatic rings. The maximum absolute atomic E-state index is 13.0. The van der Waals surface area contributed by atoms with Crippen molar-refractivity contribution < 1.29 is 9.53 Å². The van der Waals surface area contributed by atoms with Crippen LogP contribution >= 0.6 is 12.6 Å². The van der Waals surface area contributed by atoms with Crippen LogP contribution in [0.1, 0.15) is 27.9 Å². The minimum absolute atomic E-state index is 0.0506. The van der Waals surface area contributed by atoms with E-state index >= 15 is 0 Å². The van der Waals surface area contributed by atoms with Crippen molar-refractivity contribution in [2.75, 3.05) is 45.6 Å². The van der Waals surface area contributed by atoms with Gasteiger partial charge in [0, 0.05) is 63.3 Å². The van der Waals surface area contributed by atoms with E-state index in [1.165, 1.54) is 0 Å². The normalized spacial score (nSPS) is 19.9. The molecule has 2 atom stereocenters. The number of hydrogen-bond acceptors (Lipinski definition) is 5. The van der Waals surface area contributed by atoms with E-state index < -0.39 is 0 Å². The highest BCUT2D eigenvalue weighted by Crippen LogP contribution is 2.19. The molecule has 0 aromatic heterocycles. The van der Waals surface area contributed by atoms with Crippen LogP contribution in [0.15, 0.2) is 18.2 Å². The largest absolute Gasteiger partial charge is 0.385 e. The lowest BCUT2D eigenvalue weighted by molar-refractivity contribution is 0.0382. The Bertz CT molecular complexity index is 582. The lowest BCUT2D eigenvalue weighted by atomic mass is 10.0. The average Bonchev–Trinajstić information content (AvgIpc) is 2.62. The van der Waals surface area contributed by atoms with Crippen molar-refractivity contribution in [2.45, 2.75) is 32.4 Å². The molecule has 5 nitrogen and oxygen atoms in total. The number of piperazine rings is 1. The van der Waals surface area contributed by atoms with Gasteiger partial charge in [0.1, 0.15) is 0 Å². The number of nitrogens with two attached hydrogens (primary N) is 1. The van der Waals surface area contributed by atoms with Crippen molar-refractivity contribution in [3.8, 4) is 0 Å². The van der Waals surface area contributed by atoms with Crippen LogP contribution < -0.4 is 5.73 Å². The fourth-order valence-corrected chi connectivity index (χ4v) is 3.47. The van der Waals surface area contributed by atoms with E-state index in [9.17, 15) is 4.79 Å². The van der Waals surface area contributed by atoms with Crippen molar-refractivity contribution in [3.05, 3.63) is 34.9 Å². The molecule has 1 aromatic rings. The standard InChI is InChI=1S/C19H31N3O2S/c1-14-5-4-6-18(15(14)2)19(23)22-9-8-21(11-16(20)13-25)17(12-22)7-10-24-3/h4-6,16-17,25H,7-13,20H2,1-3H3/t16-,17+/m1/s1. The maximum atomic E-state index is 13.0. The van der Waals surface area contributed by atoms with E-state index in [4.69, 9.17) is 10.5 Å². The second kappa shape index (κ2) is 9.57. The van der Waals surface area contributed by atoms with Gasteiger partial charge in [-0.25, -0.2) is 0 Å². The summed E-state index contributed by atoms with van der Waals surface area (Å²) in [5, 5.41) is 0. The van der Waals surface area contributed by atoms with E-state index in [1.807, 2.05) is 36.9 Å². The van der Waals surface area contributed by atoms with Gasteiger partial charge >= 0.3 is 0 Å². The minimum Gasteiger partial charge on any atom is -0.385 e. The number of nitrogens with zero attached hydrogens (tertiary/aromatic N) is 2. The summed E-state index contributed by atoms with van der Waals surface area (Å²) in [4.78, 5) is 17.4. The number of amides is 1. The monoisotopic (exact) mass is 365 g/mol. The lowest BCUT2D eigenvalue weighted by Crippen LogP contribution is -2.57. The molecule has 0 bridgehead atoms. The Labute approximate surface area is 156 Å². The molecule has 1 fully saturated rings. The third-order valence-corrected chi connectivity index (χ3v) is 5.55. The fourth-order valence-electron chi connectivity index (χ4n) is 3.36. The first-order valence-electron chi connectivity index (χ1n) is 8.92. The Morgan fingerprint density at radius 1 is 1.40 bits per heavy atom. The molecular formula is C19H31N3O2S. The molecule has 1 amide bonds. The number of ether oxygens (including phenoxy) is 1.